The molecule has 0 atom stereocenters. The number of aryl methyl sites for hydroxylation is 1. The zero-order valence-corrected chi connectivity index (χ0v) is 19.7. The van der Waals surface area contributed by atoms with E-state index in [1.54, 1.807) is 30.3 Å². The normalized spacial score (nSPS) is 14.8. The predicted octanol–water partition coefficient (Wildman–Crippen LogP) is 6.20. The molecule has 7 heteroatoms. The minimum atomic E-state index is -0.473. The van der Waals surface area contributed by atoms with Gasteiger partial charge in [-0.25, -0.2) is 9.69 Å². The molecule has 0 radical (unpaired) electrons. The number of hydrogen-bond donors (Lipinski definition) is 1. The Kier molecular flexibility index (Phi) is 6.25. The highest BCUT2D eigenvalue weighted by Crippen LogP contribution is 2.36. The van der Waals surface area contributed by atoms with Gasteiger partial charge >= 0.3 is 6.03 Å². The minimum absolute atomic E-state index is 0.209. The topological polar surface area (TPSA) is 58.6 Å². The second-order valence-electron chi connectivity index (χ2n) is 7.06. The first-order valence-electron chi connectivity index (χ1n) is 9.52. The Morgan fingerprint density at radius 1 is 0.968 bits per heavy atom. The minimum Gasteiger partial charge on any atom is -0.487 e. The Balaban J connectivity index is 1.55. The molecular formula is C24H18Br2N2O3. The van der Waals surface area contributed by atoms with Crippen molar-refractivity contribution in [2.24, 2.45) is 0 Å². The van der Waals surface area contributed by atoms with Gasteiger partial charge in [0.1, 0.15) is 18.1 Å². The maximum atomic E-state index is 12.8. The molecule has 156 valence electrons. The molecular weight excluding hydrogens is 524 g/mol. The molecule has 3 amide bonds. The van der Waals surface area contributed by atoms with Gasteiger partial charge in [0.2, 0.25) is 0 Å². The number of halogens is 2. The second-order valence-corrected chi connectivity index (χ2v) is 8.76. The number of anilines is 1. The monoisotopic (exact) mass is 540 g/mol. The fourth-order valence-electron chi connectivity index (χ4n) is 3.27. The van der Waals surface area contributed by atoms with Crippen molar-refractivity contribution >= 4 is 55.6 Å². The first-order valence-corrected chi connectivity index (χ1v) is 11.1. The van der Waals surface area contributed by atoms with Crippen molar-refractivity contribution in [2.75, 3.05) is 4.90 Å². The molecule has 1 aliphatic rings. The fraction of sp³-hybridized carbons (Fsp3) is 0.0833. The third kappa shape index (κ3) is 4.73. The van der Waals surface area contributed by atoms with Crippen LogP contribution in [-0.4, -0.2) is 11.9 Å². The highest BCUT2D eigenvalue weighted by Gasteiger charge is 2.34. The molecule has 0 aliphatic carbocycles. The van der Waals surface area contributed by atoms with Crippen molar-refractivity contribution in [1.82, 2.24) is 5.32 Å². The Hall–Kier alpha value is -2.90. The number of benzene rings is 3. The van der Waals surface area contributed by atoms with Crippen LogP contribution in [-0.2, 0) is 11.4 Å². The van der Waals surface area contributed by atoms with Gasteiger partial charge in [-0.3, -0.25) is 4.79 Å². The summed E-state index contributed by atoms with van der Waals surface area (Å²) < 4.78 is 7.46. The van der Waals surface area contributed by atoms with E-state index in [0.717, 1.165) is 25.0 Å². The third-order valence-electron chi connectivity index (χ3n) is 4.69. The number of ether oxygens (including phenoxy) is 1. The van der Waals surface area contributed by atoms with Gasteiger partial charge in [-0.1, -0.05) is 48.0 Å². The molecule has 0 spiro atoms. The van der Waals surface area contributed by atoms with Gasteiger partial charge in [0, 0.05) is 0 Å². The summed E-state index contributed by atoms with van der Waals surface area (Å²) in [5, 5.41) is 2.64. The van der Waals surface area contributed by atoms with E-state index in [2.05, 4.69) is 43.2 Å². The van der Waals surface area contributed by atoms with E-state index in [-0.39, 0.29) is 5.70 Å². The number of rotatable bonds is 5. The summed E-state index contributed by atoms with van der Waals surface area (Å²) in [6.07, 6.45) is 1.64. The maximum Gasteiger partial charge on any atom is 0.333 e. The quantitative estimate of drug-likeness (QED) is 0.309. The Bertz CT molecular complexity index is 1170. The molecule has 1 N–H and O–H groups in total. The number of hydrogen-bond acceptors (Lipinski definition) is 3. The lowest BCUT2D eigenvalue weighted by Crippen LogP contribution is -2.30. The van der Waals surface area contributed by atoms with Crippen LogP contribution in [0.5, 0.6) is 5.75 Å². The Morgan fingerprint density at radius 2 is 1.68 bits per heavy atom. The summed E-state index contributed by atoms with van der Waals surface area (Å²) >= 11 is 7.09. The van der Waals surface area contributed by atoms with Crippen LogP contribution in [0.3, 0.4) is 0 Å². The Morgan fingerprint density at radius 3 is 2.35 bits per heavy atom. The summed E-state index contributed by atoms with van der Waals surface area (Å²) in [6, 6.07) is 20.2. The van der Waals surface area contributed by atoms with E-state index < -0.39 is 11.9 Å². The van der Waals surface area contributed by atoms with Crippen LogP contribution in [0.2, 0.25) is 0 Å². The molecule has 0 unspecified atom stereocenters. The van der Waals surface area contributed by atoms with Crippen LogP contribution >= 0.6 is 31.9 Å². The number of nitrogens with zero attached hydrogens (tertiary/aromatic N) is 1. The maximum absolute atomic E-state index is 12.8. The molecule has 4 rings (SSSR count). The van der Waals surface area contributed by atoms with Gasteiger partial charge in [0.05, 0.1) is 14.6 Å². The molecule has 3 aromatic rings. The molecule has 1 aliphatic heterocycles. The smallest absolute Gasteiger partial charge is 0.333 e. The van der Waals surface area contributed by atoms with E-state index in [4.69, 9.17) is 4.74 Å². The van der Waals surface area contributed by atoms with Crippen molar-refractivity contribution in [1.29, 1.82) is 0 Å². The summed E-state index contributed by atoms with van der Waals surface area (Å²) in [7, 11) is 0. The molecule has 0 aromatic heterocycles. The molecule has 3 aromatic carbocycles. The molecule has 1 saturated heterocycles. The molecule has 1 fully saturated rings. The SMILES string of the molecule is Cc1cccc(COc2c(Br)cc(/C=C3\NC(=O)N(c4ccccc4)C3=O)cc2Br)c1. The van der Waals surface area contributed by atoms with Crippen LogP contribution in [0.15, 0.2) is 81.4 Å². The van der Waals surface area contributed by atoms with E-state index in [9.17, 15) is 9.59 Å². The van der Waals surface area contributed by atoms with Crippen LogP contribution in [0.1, 0.15) is 16.7 Å². The number of nitrogens with one attached hydrogen (secondary N) is 1. The number of amides is 3. The van der Waals surface area contributed by atoms with Crippen molar-refractivity contribution in [3.8, 4) is 5.75 Å². The Labute approximate surface area is 197 Å². The van der Waals surface area contributed by atoms with Crippen LogP contribution in [0.4, 0.5) is 10.5 Å². The fourth-order valence-corrected chi connectivity index (χ4v) is 4.72. The van der Waals surface area contributed by atoms with Gasteiger partial charge in [-0.15, -0.1) is 0 Å². The molecule has 0 bridgehead atoms. The summed E-state index contributed by atoms with van der Waals surface area (Å²) in [4.78, 5) is 26.2. The van der Waals surface area contributed by atoms with Gasteiger partial charge in [-0.05, 0) is 80.3 Å². The summed E-state index contributed by atoms with van der Waals surface area (Å²) in [5.41, 5.74) is 3.72. The number of carbonyl (C=O) groups is 2. The summed E-state index contributed by atoms with van der Waals surface area (Å²) in [5.74, 6) is 0.263. The third-order valence-corrected chi connectivity index (χ3v) is 5.87. The zero-order chi connectivity index (χ0) is 22.0. The van der Waals surface area contributed by atoms with Gasteiger partial charge in [0.15, 0.2) is 0 Å². The van der Waals surface area contributed by atoms with Gasteiger partial charge < -0.3 is 10.1 Å². The zero-order valence-electron chi connectivity index (χ0n) is 16.6. The summed E-state index contributed by atoms with van der Waals surface area (Å²) in [6.45, 7) is 2.47. The molecule has 31 heavy (non-hydrogen) atoms. The lowest BCUT2D eigenvalue weighted by Gasteiger charge is -2.12. The van der Waals surface area contributed by atoms with E-state index in [1.165, 1.54) is 5.56 Å². The number of imide groups is 1. The lowest BCUT2D eigenvalue weighted by atomic mass is 10.1. The molecule has 0 saturated carbocycles. The highest BCUT2D eigenvalue weighted by atomic mass is 79.9. The van der Waals surface area contributed by atoms with Crippen molar-refractivity contribution in [2.45, 2.75) is 13.5 Å². The van der Waals surface area contributed by atoms with Crippen molar-refractivity contribution in [3.63, 3.8) is 0 Å². The average molecular weight is 542 g/mol. The largest absolute Gasteiger partial charge is 0.487 e. The lowest BCUT2D eigenvalue weighted by molar-refractivity contribution is -0.113. The second kappa shape index (κ2) is 9.08. The van der Waals surface area contributed by atoms with E-state index in [1.807, 2.05) is 43.3 Å². The number of urea groups is 1. The number of para-hydroxylation sites is 1. The van der Waals surface area contributed by atoms with Crippen molar-refractivity contribution < 1.29 is 14.3 Å². The predicted molar refractivity (Wildman–Crippen MR) is 128 cm³/mol. The number of carbonyl (C=O) groups excluding carboxylic acids is 2. The van der Waals surface area contributed by atoms with Crippen LogP contribution in [0, 0.1) is 6.92 Å². The average Bonchev–Trinajstić information content (AvgIpc) is 3.01. The molecule has 5 nitrogen and oxygen atoms in total. The molecule has 1 heterocycles. The first kappa shape index (κ1) is 21.3. The standard InChI is InChI=1S/C24H18Br2N2O3/c1-15-6-5-7-16(10-15)14-31-22-19(25)11-17(12-20(22)26)13-21-23(29)28(24(30)27-21)18-8-3-2-4-9-18/h2-13H,14H2,1H3,(H,27,30)/b21-13-. The van der Waals surface area contributed by atoms with E-state index >= 15 is 0 Å². The first-order chi connectivity index (χ1) is 14.9. The highest BCUT2D eigenvalue weighted by molar-refractivity contribution is 9.11. The van der Waals surface area contributed by atoms with Gasteiger partial charge in [0.25, 0.3) is 5.91 Å². The van der Waals surface area contributed by atoms with Crippen molar-refractivity contribution in [3.05, 3.63) is 98.1 Å². The van der Waals surface area contributed by atoms with Crippen LogP contribution in [0.25, 0.3) is 6.08 Å². The van der Waals surface area contributed by atoms with Crippen LogP contribution < -0.4 is 15.0 Å². The van der Waals surface area contributed by atoms with Gasteiger partial charge in [-0.2, -0.15) is 0 Å². The van der Waals surface area contributed by atoms with E-state index in [0.29, 0.717) is 18.0 Å².